The molecule has 0 saturated carbocycles. The van der Waals surface area contributed by atoms with Gasteiger partial charge in [0.15, 0.2) is 0 Å². The third-order valence-corrected chi connectivity index (χ3v) is 5.29. The molecule has 0 saturated heterocycles. The van der Waals surface area contributed by atoms with Crippen molar-refractivity contribution in [1.29, 1.82) is 0 Å². The Morgan fingerprint density at radius 2 is 2.05 bits per heavy atom. The number of alkyl halides is 3. The zero-order chi connectivity index (χ0) is 15.1. The lowest BCUT2D eigenvalue weighted by molar-refractivity contribution is -0.105. The molecular weight excluding hydrogens is 287 g/mol. The average Bonchev–Trinajstić information content (AvgIpc) is 2.32. The number of benzene rings is 1. The Labute approximate surface area is 120 Å². The maximum atomic E-state index is 12.4. The quantitative estimate of drug-likeness (QED) is 0.882. The zero-order valence-corrected chi connectivity index (χ0v) is 12.2. The van der Waals surface area contributed by atoms with Crippen LogP contribution >= 0.6 is 11.8 Å². The van der Waals surface area contributed by atoms with E-state index in [1.54, 1.807) is 18.2 Å². The van der Waals surface area contributed by atoms with Crippen molar-refractivity contribution in [1.82, 2.24) is 0 Å². The largest absolute Gasteiger partial charge is 0.508 e. The molecule has 1 aliphatic rings. The van der Waals surface area contributed by atoms with Crippen LogP contribution in [0.15, 0.2) is 18.2 Å². The fourth-order valence-corrected chi connectivity index (χ4v) is 3.94. The van der Waals surface area contributed by atoms with E-state index >= 15 is 0 Å². The van der Waals surface area contributed by atoms with Gasteiger partial charge in [0, 0.05) is 16.7 Å². The standard InChI is InChI=1S/C14H18F3NOS/c1-13(2)10-6-9(19)4-3-8(10)5-11(12(13)18)20-7-14(15,16)17/h3-4,6,11-12,19H,5,7,18H2,1-2H3/t11-,12+/m1/s1. The molecule has 6 heteroatoms. The van der Waals surface area contributed by atoms with E-state index in [1.165, 1.54) is 0 Å². The van der Waals surface area contributed by atoms with Gasteiger partial charge in [-0.05, 0) is 29.7 Å². The van der Waals surface area contributed by atoms with Gasteiger partial charge in [0.05, 0.1) is 5.75 Å². The molecule has 0 unspecified atom stereocenters. The molecule has 0 amide bonds. The highest BCUT2D eigenvalue weighted by molar-refractivity contribution is 8.00. The predicted octanol–water partition coefficient (Wildman–Crippen LogP) is 3.22. The molecule has 0 aliphatic heterocycles. The first-order valence-corrected chi connectivity index (χ1v) is 7.42. The fourth-order valence-electron chi connectivity index (χ4n) is 2.69. The van der Waals surface area contributed by atoms with Crippen molar-refractivity contribution in [2.24, 2.45) is 5.73 Å². The second kappa shape index (κ2) is 5.15. The van der Waals surface area contributed by atoms with E-state index in [4.69, 9.17) is 5.73 Å². The number of phenols is 1. The molecule has 0 fully saturated rings. The fraction of sp³-hybridized carbons (Fsp3) is 0.571. The second-order valence-electron chi connectivity index (χ2n) is 5.76. The monoisotopic (exact) mass is 305 g/mol. The van der Waals surface area contributed by atoms with E-state index < -0.39 is 17.3 Å². The van der Waals surface area contributed by atoms with Gasteiger partial charge in [0.1, 0.15) is 5.75 Å². The van der Waals surface area contributed by atoms with Crippen LogP contribution in [0.3, 0.4) is 0 Å². The number of hydrogen-bond donors (Lipinski definition) is 2. The van der Waals surface area contributed by atoms with Crippen molar-refractivity contribution in [3.63, 3.8) is 0 Å². The van der Waals surface area contributed by atoms with Crippen LogP contribution in [0.5, 0.6) is 5.75 Å². The van der Waals surface area contributed by atoms with Crippen LogP contribution in [-0.4, -0.2) is 28.3 Å². The lowest BCUT2D eigenvalue weighted by Crippen LogP contribution is -2.52. The van der Waals surface area contributed by atoms with Gasteiger partial charge < -0.3 is 10.8 Å². The van der Waals surface area contributed by atoms with Crippen molar-refractivity contribution >= 4 is 11.8 Å². The average molecular weight is 305 g/mol. The number of rotatable bonds is 2. The number of halogens is 3. The van der Waals surface area contributed by atoms with Crippen molar-refractivity contribution in [3.05, 3.63) is 29.3 Å². The number of aromatic hydroxyl groups is 1. The lowest BCUT2D eigenvalue weighted by atomic mass is 9.69. The van der Waals surface area contributed by atoms with Gasteiger partial charge in [0.25, 0.3) is 0 Å². The lowest BCUT2D eigenvalue weighted by Gasteiger charge is -2.43. The van der Waals surface area contributed by atoms with Crippen molar-refractivity contribution in [2.45, 2.75) is 43.2 Å². The van der Waals surface area contributed by atoms with Gasteiger partial charge in [-0.3, -0.25) is 0 Å². The van der Waals surface area contributed by atoms with Crippen LogP contribution < -0.4 is 5.73 Å². The molecule has 1 aromatic carbocycles. The van der Waals surface area contributed by atoms with Crippen LogP contribution in [0.4, 0.5) is 13.2 Å². The van der Waals surface area contributed by atoms with Gasteiger partial charge in [-0.15, -0.1) is 11.8 Å². The van der Waals surface area contributed by atoms with Crippen LogP contribution in [0.2, 0.25) is 0 Å². The number of hydrogen-bond acceptors (Lipinski definition) is 3. The third-order valence-electron chi connectivity index (χ3n) is 3.90. The Balaban J connectivity index is 2.27. The molecule has 0 spiro atoms. The van der Waals surface area contributed by atoms with E-state index in [0.29, 0.717) is 6.42 Å². The maximum Gasteiger partial charge on any atom is 0.397 e. The highest BCUT2D eigenvalue weighted by Gasteiger charge is 2.42. The summed E-state index contributed by atoms with van der Waals surface area (Å²) in [5, 5.41) is 9.31. The Bertz CT molecular complexity index is 502. The Kier molecular flexibility index (Phi) is 3.99. The molecule has 0 aromatic heterocycles. The zero-order valence-electron chi connectivity index (χ0n) is 11.4. The molecule has 0 bridgehead atoms. The smallest absolute Gasteiger partial charge is 0.397 e. The Hall–Kier alpha value is -0.880. The van der Waals surface area contributed by atoms with Gasteiger partial charge in [-0.25, -0.2) is 0 Å². The number of fused-ring (bicyclic) bond motifs is 1. The summed E-state index contributed by atoms with van der Waals surface area (Å²) in [7, 11) is 0. The van der Waals surface area contributed by atoms with E-state index in [2.05, 4.69) is 0 Å². The molecule has 0 radical (unpaired) electrons. The van der Waals surface area contributed by atoms with E-state index in [-0.39, 0.29) is 17.0 Å². The summed E-state index contributed by atoms with van der Waals surface area (Å²) in [6, 6.07) is 4.63. The number of thioether (sulfide) groups is 1. The summed E-state index contributed by atoms with van der Waals surface area (Å²) < 4.78 is 37.2. The van der Waals surface area contributed by atoms with E-state index in [9.17, 15) is 18.3 Å². The summed E-state index contributed by atoms with van der Waals surface area (Å²) in [5.41, 5.74) is 7.61. The topological polar surface area (TPSA) is 46.2 Å². The van der Waals surface area contributed by atoms with Crippen molar-refractivity contribution < 1.29 is 18.3 Å². The maximum absolute atomic E-state index is 12.4. The molecule has 3 N–H and O–H groups in total. The molecule has 1 aromatic rings. The number of phenolic OH excluding ortho intramolecular Hbond substituents is 1. The minimum atomic E-state index is -4.18. The summed E-state index contributed by atoms with van der Waals surface area (Å²) >= 11 is 0.870. The molecule has 112 valence electrons. The minimum Gasteiger partial charge on any atom is -0.508 e. The molecule has 1 aliphatic carbocycles. The Morgan fingerprint density at radius 1 is 1.40 bits per heavy atom. The molecule has 0 heterocycles. The van der Waals surface area contributed by atoms with Gasteiger partial charge in [-0.2, -0.15) is 13.2 Å². The summed E-state index contributed by atoms with van der Waals surface area (Å²) in [6.07, 6.45) is -3.68. The Morgan fingerprint density at radius 3 is 2.65 bits per heavy atom. The normalized spacial score (nSPS) is 25.3. The SMILES string of the molecule is CC1(C)c2cc(O)ccc2C[C@@H](SCC(F)(F)F)[C@@H]1N. The second-order valence-corrected chi connectivity index (χ2v) is 6.99. The van der Waals surface area contributed by atoms with Crippen LogP contribution in [0.25, 0.3) is 0 Å². The van der Waals surface area contributed by atoms with Crippen LogP contribution in [0, 0.1) is 0 Å². The number of nitrogens with two attached hydrogens (primary N) is 1. The van der Waals surface area contributed by atoms with Crippen LogP contribution in [0.1, 0.15) is 25.0 Å². The first-order valence-electron chi connectivity index (χ1n) is 6.37. The molecule has 2 atom stereocenters. The van der Waals surface area contributed by atoms with Crippen molar-refractivity contribution in [3.8, 4) is 5.75 Å². The summed E-state index contributed by atoms with van der Waals surface area (Å²) in [6.45, 7) is 3.83. The van der Waals surface area contributed by atoms with Gasteiger partial charge in [0.2, 0.25) is 0 Å². The first kappa shape index (κ1) is 15.5. The van der Waals surface area contributed by atoms with E-state index in [0.717, 1.165) is 22.9 Å². The highest BCUT2D eigenvalue weighted by Crippen LogP contribution is 2.42. The van der Waals surface area contributed by atoms with Gasteiger partial charge in [-0.1, -0.05) is 19.9 Å². The van der Waals surface area contributed by atoms with Gasteiger partial charge >= 0.3 is 6.18 Å². The highest BCUT2D eigenvalue weighted by atomic mass is 32.2. The summed E-state index contributed by atoms with van der Waals surface area (Å²) in [5.74, 6) is -0.722. The molecular formula is C14H18F3NOS. The van der Waals surface area contributed by atoms with Crippen LogP contribution in [-0.2, 0) is 11.8 Å². The minimum absolute atomic E-state index is 0.158. The summed E-state index contributed by atoms with van der Waals surface area (Å²) in [4.78, 5) is 0. The molecule has 20 heavy (non-hydrogen) atoms. The third kappa shape index (κ3) is 3.06. The molecule has 2 nitrogen and oxygen atoms in total. The van der Waals surface area contributed by atoms with Crippen molar-refractivity contribution in [2.75, 3.05) is 5.75 Å². The first-order chi connectivity index (χ1) is 9.11. The van der Waals surface area contributed by atoms with E-state index in [1.807, 2.05) is 13.8 Å². The molecule has 2 rings (SSSR count). The predicted molar refractivity (Wildman–Crippen MR) is 75.1 cm³/mol.